The number of benzene rings is 2. The number of aromatic nitrogens is 3. The summed E-state index contributed by atoms with van der Waals surface area (Å²) in [5, 5.41) is 10.9. The van der Waals surface area contributed by atoms with E-state index in [9.17, 15) is 4.79 Å². The summed E-state index contributed by atoms with van der Waals surface area (Å²) in [7, 11) is 0. The van der Waals surface area contributed by atoms with E-state index in [0.29, 0.717) is 21.4 Å². The summed E-state index contributed by atoms with van der Waals surface area (Å²) in [6, 6.07) is 13.2. The Morgan fingerprint density at radius 3 is 2.80 bits per heavy atom. The Morgan fingerprint density at radius 2 is 2.00 bits per heavy atom. The number of carbonyl (C=O) groups is 1. The largest absolute Gasteiger partial charge is 0.298 e. The molecule has 25 heavy (non-hydrogen) atoms. The third-order valence-corrected chi connectivity index (χ3v) is 4.97. The van der Waals surface area contributed by atoms with Crippen molar-refractivity contribution in [2.75, 3.05) is 5.32 Å². The maximum absolute atomic E-state index is 12.6. The fourth-order valence-electron chi connectivity index (χ4n) is 2.54. The highest BCUT2D eigenvalue weighted by molar-refractivity contribution is 7.22. The second-order valence-corrected chi connectivity index (χ2v) is 7.08. The minimum Gasteiger partial charge on any atom is -0.298 e. The number of hydrogen-bond acceptors (Lipinski definition) is 4. The number of halogens is 1. The number of H-pyrrole nitrogens is 1. The van der Waals surface area contributed by atoms with E-state index < -0.39 is 0 Å². The highest BCUT2D eigenvalue weighted by Crippen LogP contribution is 2.28. The Labute approximate surface area is 152 Å². The molecule has 0 spiro atoms. The van der Waals surface area contributed by atoms with Crippen molar-refractivity contribution in [3.63, 3.8) is 0 Å². The molecule has 0 radical (unpaired) electrons. The molecule has 0 aliphatic carbocycles. The van der Waals surface area contributed by atoms with E-state index in [1.165, 1.54) is 17.5 Å². The van der Waals surface area contributed by atoms with E-state index in [-0.39, 0.29) is 5.91 Å². The van der Waals surface area contributed by atoms with Crippen LogP contribution < -0.4 is 5.32 Å². The first-order valence-electron chi connectivity index (χ1n) is 7.58. The van der Waals surface area contributed by atoms with Gasteiger partial charge in [-0.05, 0) is 36.8 Å². The summed E-state index contributed by atoms with van der Waals surface area (Å²) in [6.45, 7) is 2.03. The quantitative estimate of drug-likeness (QED) is 0.540. The zero-order valence-electron chi connectivity index (χ0n) is 13.2. The third-order valence-electron chi connectivity index (χ3n) is 3.78. The van der Waals surface area contributed by atoms with Crippen molar-refractivity contribution in [3.8, 4) is 11.3 Å². The van der Waals surface area contributed by atoms with Gasteiger partial charge in [-0.2, -0.15) is 5.10 Å². The van der Waals surface area contributed by atoms with Crippen LogP contribution in [0.2, 0.25) is 5.02 Å². The molecule has 4 rings (SSSR count). The van der Waals surface area contributed by atoms with Gasteiger partial charge < -0.3 is 0 Å². The molecule has 0 saturated carbocycles. The lowest BCUT2D eigenvalue weighted by Gasteiger charge is -2.03. The number of amides is 1. The van der Waals surface area contributed by atoms with Crippen LogP contribution in [0.3, 0.4) is 0 Å². The number of carbonyl (C=O) groups excluding carboxylic acids is 1. The highest BCUT2D eigenvalue weighted by atomic mass is 35.5. The van der Waals surface area contributed by atoms with Gasteiger partial charge in [0.05, 0.1) is 27.7 Å². The zero-order valence-corrected chi connectivity index (χ0v) is 14.8. The van der Waals surface area contributed by atoms with Gasteiger partial charge in [0.2, 0.25) is 0 Å². The molecule has 2 heterocycles. The average Bonchev–Trinajstić information content (AvgIpc) is 3.21. The topological polar surface area (TPSA) is 70.7 Å². The van der Waals surface area contributed by atoms with Gasteiger partial charge in [0.15, 0.2) is 5.13 Å². The van der Waals surface area contributed by atoms with Gasteiger partial charge in [-0.15, -0.1) is 0 Å². The summed E-state index contributed by atoms with van der Waals surface area (Å²) in [6.07, 6.45) is 1.51. The van der Waals surface area contributed by atoms with E-state index in [2.05, 4.69) is 26.6 Å². The van der Waals surface area contributed by atoms with Gasteiger partial charge in [0, 0.05) is 10.6 Å². The van der Waals surface area contributed by atoms with E-state index in [4.69, 9.17) is 11.6 Å². The molecule has 0 saturated heterocycles. The van der Waals surface area contributed by atoms with Crippen molar-refractivity contribution in [2.45, 2.75) is 6.92 Å². The minimum atomic E-state index is -0.255. The Kier molecular flexibility index (Phi) is 3.99. The lowest BCUT2D eigenvalue weighted by atomic mass is 10.1. The van der Waals surface area contributed by atoms with E-state index >= 15 is 0 Å². The number of hydrogen-bond donors (Lipinski definition) is 2. The lowest BCUT2D eigenvalue weighted by Crippen LogP contribution is -2.11. The fourth-order valence-corrected chi connectivity index (χ4v) is 3.63. The maximum Gasteiger partial charge on any atom is 0.261 e. The van der Waals surface area contributed by atoms with Gasteiger partial charge in [0.25, 0.3) is 5.91 Å². The predicted molar refractivity (Wildman–Crippen MR) is 101 cm³/mol. The molecule has 1 amide bonds. The second-order valence-electron chi connectivity index (χ2n) is 5.61. The van der Waals surface area contributed by atoms with E-state index in [1.807, 2.05) is 31.2 Å². The molecule has 2 aromatic heterocycles. The molecule has 0 aliphatic rings. The SMILES string of the molecule is Cc1ccc2nc(NC(=O)c3cn[nH]c3-c3ccc(Cl)cc3)sc2c1. The van der Waals surface area contributed by atoms with Gasteiger partial charge in [0.1, 0.15) is 0 Å². The van der Waals surface area contributed by atoms with Gasteiger partial charge in [-0.1, -0.05) is 41.1 Å². The van der Waals surface area contributed by atoms with Crippen LogP contribution in [0.5, 0.6) is 0 Å². The van der Waals surface area contributed by atoms with Gasteiger partial charge >= 0.3 is 0 Å². The molecule has 0 atom stereocenters. The van der Waals surface area contributed by atoms with Crippen molar-refractivity contribution in [1.29, 1.82) is 0 Å². The number of aromatic amines is 1. The summed E-state index contributed by atoms with van der Waals surface area (Å²) in [4.78, 5) is 17.1. The van der Waals surface area contributed by atoms with E-state index in [1.54, 1.807) is 12.1 Å². The van der Waals surface area contributed by atoms with E-state index in [0.717, 1.165) is 21.3 Å². The van der Waals surface area contributed by atoms with Crippen LogP contribution >= 0.6 is 22.9 Å². The summed E-state index contributed by atoms with van der Waals surface area (Å²) < 4.78 is 1.04. The summed E-state index contributed by atoms with van der Waals surface area (Å²) in [5.41, 5.74) is 3.97. The molecular formula is C18H13ClN4OS. The molecule has 124 valence electrons. The lowest BCUT2D eigenvalue weighted by molar-refractivity contribution is 0.102. The second kappa shape index (κ2) is 6.31. The van der Waals surface area contributed by atoms with Gasteiger partial charge in [-0.3, -0.25) is 15.2 Å². The maximum atomic E-state index is 12.6. The van der Waals surface area contributed by atoms with Gasteiger partial charge in [-0.25, -0.2) is 4.98 Å². The Balaban J connectivity index is 1.63. The Bertz CT molecular complexity index is 1070. The van der Waals surface area contributed by atoms with Crippen LogP contribution in [0.15, 0.2) is 48.7 Å². The molecule has 0 unspecified atom stereocenters. The first-order chi connectivity index (χ1) is 12.1. The molecule has 0 bridgehead atoms. The molecule has 2 N–H and O–H groups in total. The first kappa shape index (κ1) is 15.8. The Hall–Kier alpha value is -2.70. The Morgan fingerprint density at radius 1 is 1.20 bits per heavy atom. The number of nitrogens with one attached hydrogen (secondary N) is 2. The number of thiazole rings is 1. The van der Waals surface area contributed by atoms with Crippen molar-refractivity contribution < 1.29 is 4.79 Å². The molecule has 7 heteroatoms. The molecule has 0 fully saturated rings. The average molecular weight is 369 g/mol. The number of fused-ring (bicyclic) bond motifs is 1. The van der Waals surface area contributed by atoms with Crippen molar-refractivity contribution in [3.05, 3.63) is 64.8 Å². The normalized spacial score (nSPS) is 11.0. The van der Waals surface area contributed by atoms with Crippen LogP contribution in [-0.2, 0) is 0 Å². The molecule has 5 nitrogen and oxygen atoms in total. The van der Waals surface area contributed by atoms with Crippen LogP contribution in [0.1, 0.15) is 15.9 Å². The zero-order chi connectivity index (χ0) is 17.4. The first-order valence-corrected chi connectivity index (χ1v) is 8.77. The summed E-state index contributed by atoms with van der Waals surface area (Å²) in [5.74, 6) is -0.255. The standard InChI is InChI=1S/C18H13ClN4OS/c1-10-2-7-14-15(8-10)25-18(21-14)22-17(24)13-9-20-23-16(13)11-3-5-12(19)6-4-11/h2-9H,1H3,(H,20,23)(H,21,22,24). The number of aryl methyl sites for hydroxylation is 1. The number of anilines is 1. The van der Waals surface area contributed by atoms with Crippen molar-refractivity contribution in [1.82, 2.24) is 15.2 Å². The third kappa shape index (κ3) is 3.14. The van der Waals surface area contributed by atoms with Crippen LogP contribution in [0, 0.1) is 6.92 Å². The molecular weight excluding hydrogens is 356 g/mol. The van der Waals surface area contributed by atoms with Crippen LogP contribution in [0.25, 0.3) is 21.5 Å². The van der Waals surface area contributed by atoms with Crippen molar-refractivity contribution >= 4 is 44.2 Å². The van der Waals surface area contributed by atoms with Crippen LogP contribution in [0.4, 0.5) is 5.13 Å². The number of rotatable bonds is 3. The molecule has 0 aliphatic heterocycles. The van der Waals surface area contributed by atoms with Crippen molar-refractivity contribution in [2.24, 2.45) is 0 Å². The van der Waals surface area contributed by atoms with Crippen LogP contribution in [-0.4, -0.2) is 21.1 Å². The highest BCUT2D eigenvalue weighted by Gasteiger charge is 2.17. The number of nitrogens with zero attached hydrogens (tertiary/aromatic N) is 2. The minimum absolute atomic E-state index is 0.255. The predicted octanol–water partition coefficient (Wildman–Crippen LogP) is 4.90. The summed E-state index contributed by atoms with van der Waals surface area (Å²) >= 11 is 7.37. The fraction of sp³-hybridized carbons (Fsp3) is 0.0556. The monoisotopic (exact) mass is 368 g/mol. The molecule has 4 aromatic rings. The smallest absolute Gasteiger partial charge is 0.261 e. The molecule has 2 aromatic carbocycles.